The molecule has 1 spiro atoms. The third-order valence-electron chi connectivity index (χ3n) is 6.00. The SMILES string of the molecule is Cl.O=C1CC2(CCN(C(=O)c3ccc(C4CCNC4)cc3)CC2)CN1. The number of nitrogens with zero attached hydrogens (tertiary/aromatic N) is 1. The number of rotatable bonds is 2. The van der Waals surface area contributed by atoms with E-state index in [0.717, 1.165) is 51.1 Å². The van der Waals surface area contributed by atoms with Gasteiger partial charge in [-0.3, -0.25) is 9.59 Å². The summed E-state index contributed by atoms with van der Waals surface area (Å²) in [5, 5.41) is 6.32. The number of piperidine rings is 1. The van der Waals surface area contributed by atoms with Crippen LogP contribution in [0.2, 0.25) is 0 Å². The van der Waals surface area contributed by atoms with E-state index in [9.17, 15) is 9.59 Å². The van der Waals surface area contributed by atoms with Crippen molar-refractivity contribution < 1.29 is 9.59 Å². The first-order chi connectivity index (χ1) is 11.7. The minimum absolute atomic E-state index is 0. The second kappa shape index (κ2) is 7.34. The van der Waals surface area contributed by atoms with Gasteiger partial charge in [0.2, 0.25) is 5.91 Å². The summed E-state index contributed by atoms with van der Waals surface area (Å²) >= 11 is 0. The number of amides is 2. The second-order valence-corrected chi connectivity index (χ2v) is 7.56. The van der Waals surface area contributed by atoms with E-state index in [0.29, 0.717) is 12.3 Å². The summed E-state index contributed by atoms with van der Waals surface area (Å²) in [6.07, 6.45) is 3.64. The van der Waals surface area contributed by atoms with Crippen molar-refractivity contribution in [1.82, 2.24) is 15.5 Å². The summed E-state index contributed by atoms with van der Waals surface area (Å²) in [5.41, 5.74) is 2.19. The Bertz CT molecular complexity index is 633. The molecule has 3 heterocycles. The molecule has 3 aliphatic rings. The number of likely N-dealkylation sites (tertiary alicyclic amines) is 1. The van der Waals surface area contributed by atoms with Gasteiger partial charge in [0.05, 0.1) is 0 Å². The van der Waals surface area contributed by atoms with Crippen molar-refractivity contribution in [2.75, 3.05) is 32.7 Å². The molecular weight excluding hydrogens is 338 g/mol. The number of carbonyl (C=O) groups is 2. The van der Waals surface area contributed by atoms with Crippen LogP contribution in [-0.4, -0.2) is 49.4 Å². The zero-order valence-corrected chi connectivity index (χ0v) is 15.2. The van der Waals surface area contributed by atoms with Gasteiger partial charge in [-0.1, -0.05) is 12.1 Å². The first-order valence-electron chi connectivity index (χ1n) is 9.02. The zero-order chi connectivity index (χ0) is 16.6. The minimum atomic E-state index is 0. The normalized spacial score (nSPS) is 24.9. The Hall–Kier alpha value is -1.59. The number of carbonyl (C=O) groups excluding carboxylic acids is 2. The topological polar surface area (TPSA) is 61.4 Å². The number of halogens is 1. The lowest BCUT2D eigenvalue weighted by atomic mass is 9.77. The van der Waals surface area contributed by atoms with Crippen LogP contribution in [0.3, 0.4) is 0 Å². The molecule has 25 heavy (non-hydrogen) atoms. The predicted octanol–water partition coefficient (Wildman–Crippen LogP) is 1.93. The molecule has 136 valence electrons. The minimum Gasteiger partial charge on any atom is -0.356 e. The Morgan fingerprint density at radius 2 is 1.88 bits per heavy atom. The molecule has 1 aromatic rings. The Morgan fingerprint density at radius 3 is 2.44 bits per heavy atom. The van der Waals surface area contributed by atoms with Gasteiger partial charge in [0.1, 0.15) is 0 Å². The second-order valence-electron chi connectivity index (χ2n) is 7.56. The van der Waals surface area contributed by atoms with Crippen LogP contribution >= 0.6 is 12.4 Å². The van der Waals surface area contributed by atoms with Crippen LogP contribution in [0.5, 0.6) is 0 Å². The Kier molecular flexibility index (Phi) is 5.35. The van der Waals surface area contributed by atoms with Crippen molar-refractivity contribution in [1.29, 1.82) is 0 Å². The lowest BCUT2D eigenvalue weighted by molar-refractivity contribution is -0.119. The molecule has 5 nitrogen and oxygen atoms in total. The van der Waals surface area contributed by atoms with E-state index in [4.69, 9.17) is 0 Å². The maximum Gasteiger partial charge on any atom is 0.253 e. The van der Waals surface area contributed by atoms with Crippen LogP contribution < -0.4 is 10.6 Å². The molecule has 0 radical (unpaired) electrons. The fourth-order valence-corrected chi connectivity index (χ4v) is 4.31. The van der Waals surface area contributed by atoms with Crippen LogP contribution in [0.25, 0.3) is 0 Å². The Labute approximate surface area is 154 Å². The highest BCUT2D eigenvalue weighted by molar-refractivity contribution is 5.94. The van der Waals surface area contributed by atoms with Crippen molar-refractivity contribution in [3.8, 4) is 0 Å². The highest BCUT2D eigenvalue weighted by Crippen LogP contribution is 2.37. The first-order valence-corrected chi connectivity index (χ1v) is 9.02. The molecule has 0 aliphatic carbocycles. The predicted molar refractivity (Wildman–Crippen MR) is 99.1 cm³/mol. The fourth-order valence-electron chi connectivity index (χ4n) is 4.31. The molecule has 6 heteroatoms. The molecule has 1 unspecified atom stereocenters. The molecular formula is C19H26ClN3O2. The van der Waals surface area contributed by atoms with Crippen LogP contribution in [0.4, 0.5) is 0 Å². The van der Waals surface area contributed by atoms with E-state index in [1.54, 1.807) is 0 Å². The van der Waals surface area contributed by atoms with E-state index in [2.05, 4.69) is 22.8 Å². The van der Waals surface area contributed by atoms with Crippen LogP contribution in [-0.2, 0) is 4.79 Å². The largest absolute Gasteiger partial charge is 0.356 e. The molecule has 0 saturated carbocycles. The molecule has 3 aliphatic heterocycles. The summed E-state index contributed by atoms with van der Waals surface area (Å²) in [6, 6.07) is 8.16. The van der Waals surface area contributed by atoms with Gasteiger partial charge >= 0.3 is 0 Å². The molecule has 3 saturated heterocycles. The van der Waals surface area contributed by atoms with E-state index in [1.165, 1.54) is 12.0 Å². The summed E-state index contributed by atoms with van der Waals surface area (Å²) in [4.78, 5) is 26.2. The fraction of sp³-hybridized carbons (Fsp3) is 0.579. The van der Waals surface area contributed by atoms with Crippen molar-refractivity contribution in [3.05, 3.63) is 35.4 Å². The summed E-state index contributed by atoms with van der Waals surface area (Å²) in [7, 11) is 0. The van der Waals surface area contributed by atoms with Gasteiger partial charge in [0, 0.05) is 38.2 Å². The monoisotopic (exact) mass is 363 g/mol. The van der Waals surface area contributed by atoms with Crippen molar-refractivity contribution in [2.24, 2.45) is 5.41 Å². The van der Waals surface area contributed by atoms with Gasteiger partial charge in [-0.05, 0) is 54.8 Å². The maximum absolute atomic E-state index is 12.7. The average molecular weight is 364 g/mol. The average Bonchev–Trinajstić information content (AvgIpc) is 3.26. The molecule has 1 aromatic carbocycles. The number of hydrogen-bond acceptors (Lipinski definition) is 3. The van der Waals surface area contributed by atoms with Crippen LogP contribution in [0, 0.1) is 5.41 Å². The maximum atomic E-state index is 12.7. The molecule has 0 aromatic heterocycles. The van der Waals surface area contributed by atoms with Gasteiger partial charge in [0.25, 0.3) is 5.91 Å². The molecule has 1 atom stereocenters. The summed E-state index contributed by atoms with van der Waals surface area (Å²) in [5.74, 6) is 0.862. The number of hydrogen-bond donors (Lipinski definition) is 2. The van der Waals surface area contributed by atoms with E-state index < -0.39 is 0 Å². The number of benzene rings is 1. The summed E-state index contributed by atoms with van der Waals surface area (Å²) < 4.78 is 0. The Morgan fingerprint density at radius 1 is 1.16 bits per heavy atom. The molecule has 4 rings (SSSR count). The smallest absolute Gasteiger partial charge is 0.253 e. The third kappa shape index (κ3) is 3.67. The van der Waals surface area contributed by atoms with Crippen LogP contribution in [0.1, 0.15) is 47.5 Å². The van der Waals surface area contributed by atoms with Crippen molar-refractivity contribution >= 4 is 24.2 Å². The summed E-state index contributed by atoms with van der Waals surface area (Å²) in [6.45, 7) is 4.40. The van der Waals surface area contributed by atoms with Gasteiger partial charge in [0.15, 0.2) is 0 Å². The van der Waals surface area contributed by atoms with Gasteiger partial charge in [-0.25, -0.2) is 0 Å². The standard InChI is InChI=1S/C19H25N3O2.ClH/c23-17-11-19(13-21-17)6-9-22(10-7-19)18(24)15-3-1-14(2-4-15)16-5-8-20-12-16;/h1-4,16,20H,5-13H2,(H,21,23);1H. The van der Waals surface area contributed by atoms with Gasteiger partial charge in [-0.2, -0.15) is 0 Å². The molecule has 2 N–H and O–H groups in total. The highest BCUT2D eigenvalue weighted by atomic mass is 35.5. The Balaban J connectivity index is 0.00000182. The van der Waals surface area contributed by atoms with Gasteiger partial charge < -0.3 is 15.5 Å². The highest BCUT2D eigenvalue weighted by Gasteiger charge is 2.41. The van der Waals surface area contributed by atoms with E-state index in [-0.39, 0.29) is 29.6 Å². The van der Waals surface area contributed by atoms with Crippen molar-refractivity contribution in [2.45, 2.75) is 31.6 Å². The zero-order valence-electron chi connectivity index (χ0n) is 14.4. The van der Waals surface area contributed by atoms with Crippen LogP contribution in [0.15, 0.2) is 24.3 Å². The third-order valence-corrected chi connectivity index (χ3v) is 6.00. The van der Waals surface area contributed by atoms with E-state index in [1.807, 2.05) is 17.0 Å². The van der Waals surface area contributed by atoms with Gasteiger partial charge in [-0.15, -0.1) is 12.4 Å². The molecule has 0 bridgehead atoms. The lowest BCUT2D eigenvalue weighted by Gasteiger charge is -2.38. The molecule has 2 amide bonds. The first kappa shape index (κ1) is 18.2. The van der Waals surface area contributed by atoms with Crippen molar-refractivity contribution in [3.63, 3.8) is 0 Å². The number of nitrogens with one attached hydrogen (secondary N) is 2. The molecule has 3 fully saturated rings. The van der Waals surface area contributed by atoms with E-state index >= 15 is 0 Å². The quantitative estimate of drug-likeness (QED) is 0.844. The lowest BCUT2D eigenvalue weighted by Crippen LogP contribution is -2.44.